The monoisotopic (exact) mass is 286 g/mol. The van der Waals surface area contributed by atoms with Gasteiger partial charge in [0.15, 0.2) is 11.5 Å². The van der Waals surface area contributed by atoms with Crippen molar-refractivity contribution >= 4 is 5.69 Å². The first kappa shape index (κ1) is 13.5. The Kier molecular flexibility index (Phi) is 4.09. The van der Waals surface area contributed by atoms with E-state index in [0.717, 1.165) is 29.3 Å². The number of hydrogen-bond donors (Lipinski definition) is 1. The predicted molar refractivity (Wildman–Crippen MR) is 80.2 cm³/mol. The highest BCUT2D eigenvalue weighted by atomic mass is 16.5. The van der Waals surface area contributed by atoms with Crippen LogP contribution < -0.4 is 19.5 Å². The van der Waals surface area contributed by atoms with Gasteiger partial charge in [0.2, 0.25) is 5.88 Å². The second-order valence-electron chi connectivity index (χ2n) is 4.74. The molecule has 0 aliphatic carbocycles. The maximum absolute atomic E-state index is 5.68. The minimum atomic E-state index is 0.618. The molecule has 0 bridgehead atoms. The molecule has 5 nitrogen and oxygen atoms in total. The smallest absolute Gasteiger partial charge is 0.213 e. The average Bonchev–Trinajstić information content (AvgIpc) is 2.78. The molecule has 0 radical (unpaired) electrons. The van der Waals surface area contributed by atoms with Crippen molar-refractivity contribution in [3.05, 3.63) is 42.1 Å². The molecule has 110 valence electrons. The third-order valence-electron chi connectivity index (χ3n) is 3.21. The van der Waals surface area contributed by atoms with Crippen LogP contribution in [0.4, 0.5) is 5.69 Å². The van der Waals surface area contributed by atoms with Crippen molar-refractivity contribution in [3.8, 4) is 17.4 Å². The Bertz CT molecular complexity index is 616. The van der Waals surface area contributed by atoms with E-state index < -0.39 is 0 Å². The first-order valence-electron chi connectivity index (χ1n) is 6.98. The van der Waals surface area contributed by atoms with Crippen LogP contribution in [-0.4, -0.2) is 25.3 Å². The zero-order chi connectivity index (χ0) is 14.5. The van der Waals surface area contributed by atoms with Crippen LogP contribution in [0.1, 0.15) is 12.1 Å². The molecule has 1 N–H and O–H groups in total. The van der Waals surface area contributed by atoms with Crippen molar-refractivity contribution in [1.82, 2.24) is 4.98 Å². The Morgan fingerprint density at radius 3 is 2.86 bits per heavy atom. The molecule has 1 aromatic carbocycles. The van der Waals surface area contributed by atoms with E-state index in [1.807, 2.05) is 36.4 Å². The lowest BCUT2D eigenvalue weighted by molar-refractivity contribution is 0.297. The quantitative estimate of drug-likeness (QED) is 0.936. The number of ether oxygens (including phenoxy) is 3. The minimum absolute atomic E-state index is 0.618. The molecule has 21 heavy (non-hydrogen) atoms. The normalized spacial score (nSPS) is 13.4. The van der Waals surface area contributed by atoms with Crippen LogP contribution in [0.5, 0.6) is 17.4 Å². The fraction of sp³-hybridized carbons (Fsp3) is 0.312. The van der Waals surface area contributed by atoms with Gasteiger partial charge in [-0.3, -0.25) is 0 Å². The van der Waals surface area contributed by atoms with Crippen molar-refractivity contribution in [2.75, 3.05) is 25.6 Å². The first-order chi connectivity index (χ1) is 10.3. The van der Waals surface area contributed by atoms with E-state index in [9.17, 15) is 0 Å². The molecule has 5 heteroatoms. The van der Waals surface area contributed by atoms with Crippen LogP contribution >= 0.6 is 0 Å². The van der Waals surface area contributed by atoms with Crippen LogP contribution in [0.25, 0.3) is 0 Å². The van der Waals surface area contributed by atoms with E-state index in [0.29, 0.717) is 25.6 Å². The van der Waals surface area contributed by atoms with E-state index >= 15 is 0 Å². The Hall–Kier alpha value is -2.43. The van der Waals surface area contributed by atoms with Gasteiger partial charge in [-0.15, -0.1) is 0 Å². The zero-order valence-corrected chi connectivity index (χ0v) is 12.0. The van der Waals surface area contributed by atoms with Crippen molar-refractivity contribution in [2.24, 2.45) is 0 Å². The maximum Gasteiger partial charge on any atom is 0.213 e. The molecule has 0 saturated carbocycles. The van der Waals surface area contributed by atoms with Gasteiger partial charge in [0.05, 0.1) is 32.6 Å². The van der Waals surface area contributed by atoms with E-state index in [1.165, 1.54) is 0 Å². The number of benzene rings is 1. The molecule has 1 aliphatic rings. The number of nitrogens with zero attached hydrogens (tertiary/aromatic N) is 1. The summed E-state index contributed by atoms with van der Waals surface area (Å²) < 4.78 is 16.4. The highest BCUT2D eigenvalue weighted by Crippen LogP contribution is 2.32. The van der Waals surface area contributed by atoms with Gasteiger partial charge in [-0.2, -0.15) is 0 Å². The standard InChI is InChI=1S/C16H18N2O3/c1-19-16-5-2-4-13(18-16)11-17-12-6-7-14-15(10-12)21-9-3-8-20-14/h2,4-7,10,17H,3,8-9,11H2,1H3. The number of nitrogens with one attached hydrogen (secondary N) is 1. The topological polar surface area (TPSA) is 52.6 Å². The Balaban J connectivity index is 1.69. The molecule has 2 aromatic rings. The summed E-state index contributed by atoms with van der Waals surface area (Å²) in [5.74, 6) is 2.21. The lowest BCUT2D eigenvalue weighted by Crippen LogP contribution is -2.03. The van der Waals surface area contributed by atoms with Crippen LogP contribution in [0.2, 0.25) is 0 Å². The van der Waals surface area contributed by atoms with E-state index in [-0.39, 0.29) is 0 Å². The van der Waals surface area contributed by atoms with Gasteiger partial charge >= 0.3 is 0 Å². The first-order valence-corrected chi connectivity index (χ1v) is 6.98. The second kappa shape index (κ2) is 6.35. The Morgan fingerprint density at radius 1 is 1.14 bits per heavy atom. The second-order valence-corrected chi connectivity index (χ2v) is 4.74. The molecule has 2 heterocycles. The van der Waals surface area contributed by atoms with Gasteiger partial charge < -0.3 is 19.5 Å². The lowest BCUT2D eigenvalue weighted by Gasteiger charge is -2.11. The molecule has 0 spiro atoms. The molecule has 1 aromatic heterocycles. The number of rotatable bonds is 4. The SMILES string of the molecule is COc1cccc(CNc2ccc3c(c2)OCCCO3)n1. The van der Waals surface area contributed by atoms with E-state index in [1.54, 1.807) is 7.11 Å². The van der Waals surface area contributed by atoms with Crippen LogP contribution in [0, 0.1) is 0 Å². The van der Waals surface area contributed by atoms with Gasteiger partial charge in [-0.1, -0.05) is 6.07 Å². The molecular formula is C16H18N2O3. The summed E-state index contributed by atoms with van der Waals surface area (Å²) in [4.78, 5) is 4.37. The third-order valence-corrected chi connectivity index (χ3v) is 3.21. The van der Waals surface area contributed by atoms with E-state index in [4.69, 9.17) is 14.2 Å². The summed E-state index contributed by atoms with van der Waals surface area (Å²) in [6.45, 7) is 2.01. The number of aromatic nitrogens is 1. The van der Waals surface area contributed by atoms with Crippen LogP contribution in [0.3, 0.4) is 0 Å². The molecule has 0 unspecified atom stereocenters. The Labute approximate surface area is 123 Å². The zero-order valence-electron chi connectivity index (χ0n) is 12.0. The van der Waals surface area contributed by atoms with Crippen molar-refractivity contribution in [2.45, 2.75) is 13.0 Å². The third kappa shape index (κ3) is 3.37. The van der Waals surface area contributed by atoms with Gasteiger partial charge in [0, 0.05) is 24.2 Å². The number of fused-ring (bicyclic) bond motifs is 1. The largest absolute Gasteiger partial charge is 0.490 e. The van der Waals surface area contributed by atoms with Crippen LogP contribution in [-0.2, 0) is 6.54 Å². The summed E-state index contributed by atoms with van der Waals surface area (Å²) >= 11 is 0. The highest BCUT2D eigenvalue weighted by Gasteiger charge is 2.10. The molecule has 0 atom stereocenters. The molecule has 0 amide bonds. The number of pyridine rings is 1. The summed E-state index contributed by atoms with van der Waals surface area (Å²) in [7, 11) is 1.61. The lowest BCUT2D eigenvalue weighted by atomic mass is 10.2. The minimum Gasteiger partial charge on any atom is -0.490 e. The molecule has 3 rings (SSSR count). The fourth-order valence-corrected chi connectivity index (χ4v) is 2.14. The van der Waals surface area contributed by atoms with Gasteiger partial charge in [0.1, 0.15) is 0 Å². The average molecular weight is 286 g/mol. The Morgan fingerprint density at radius 2 is 2.00 bits per heavy atom. The predicted octanol–water partition coefficient (Wildman–Crippen LogP) is 2.86. The molecule has 1 aliphatic heterocycles. The summed E-state index contributed by atoms with van der Waals surface area (Å²) in [5.41, 5.74) is 1.89. The molecule has 0 saturated heterocycles. The highest BCUT2D eigenvalue weighted by molar-refractivity contribution is 5.55. The van der Waals surface area contributed by atoms with Crippen molar-refractivity contribution in [3.63, 3.8) is 0 Å². The fourth-order valence-electron chi connectivity index (χ4n) is 2.14. The van der Waals surface area contributed by atoms with Gasteiger partial charge in [-0.05, 0) is 18.2 Å². The van der Waals surface area contributed by atoms with Gasteiger partial charge in [0.25, 0.3) is 0 Å². The summed E-state index contributed by atoms with van der Waals surface area (Å²) in [5, 5.41) is 3.33. The van der Waals surface area contributed by atoms with E-state index in [2.05, 4.69) is 10.3 Å². The number of anilines is 1. The summed E-state index contributed by atoms with van der Waals surface area (Å²) in [6, 6.07) is 11.6. The van der Waals surface area contributed by atoms with Crippen molar-refractivity contribution in [1.29, 1.82) is 0 Å². The van der Waals surface area contributed by atoms with Crippen LogP contribution in [0.15, 0.2) is 36.4 Å². The van der Waals surface area contributed by atoms with Crippen molar-refractivity contribution < 1.29 is 14.2 Å². The van der Waals surface area contributed by atoms with Gasteiger partial charge in [-0.25, -0.2) is 4.98 Å². The molecular weight excluding hydrogens is 268 g/mol. The maximum atomic E-state index is 5.68. The number of methoxy groups -OCH3 is 1. The summed E-state index contributed by atoms with van der Waals surface area (Å²) in [6.07, 6.45) is 0.908. The molecule has 0 fully saturated rings. The number of hydrogen-bond acceptors (Lipinski definition) is 5.